The van der Waals surface area contributed by atoms with Crippen molar-refractivity contribution in [3.63, 3.8) is 0 Å². The number of likely N-dealkylation sites (N-methyl/N-ethyl adjacent to an activating group) is 1. The van der Waals surface area contributed by atoms with Gasteiger partial charge in [-0.2, -0.15) is 0 Å². The summed E-state index contributed by atoms with van der Waals surface area (Å²) < 4.78 is 8.05. The van der Waals surface area contributed by atoms with Gasteiger partial charge in [0.1, 0.15) is 23.0 Å². The van der Waals surface area contributed by atoms with Crippen molar-refractivity contribution in [1.82, 2.24) is 24.4 Å². The normalized spacial score (nSPS) is 21.8. The number of ether oxygens (including phenoxy) is 1. The number of nitrogens with one attached hydrogen (secondary N) is 1. The van der Waals surface area contributed by atoms with Crippen LogP contribution in [0, 0.1) is 0 Å². The Hall–Kier alpha value is -1.90. The van der Waals surface area contributed by atoms with Crippen molar-refractivity contribution in [3.05, 3.63) is 29.6 Å². The number of morpholine rings is 1. The van der Waals surface area contributed by atoms with E-state index in [-0.39, 0.29) is 18.0 Å². The lowest BCUT2D eigenvalue weighted by Gasteiger charge is -2.40. The Morgan fingerprint density at radius 3 is 2.96 bits per heavy atom. The summed E-state index contributed by atoms with van der Waals surface area (Å²) in [6.45, 7) is 5.18. The molecule has 0 spiro atoms. The van der Waals surface area contributed by atoms with Crippen LogP contribution >= 0.6 is 11.6 Å². The second-order valence-electron chi connectivity index (χ2n) is 5.68. The van der Waals surface area contributed by atoms with Crippen LogP contribution in [0.3, 0.4) is 0 Å². The molecule has 2 aromatic heterocycles. The lowest BCUT2D eigenvalue weighted by atomic mass is 10.1. The molecule has 0 aliphatic carbocycles. The second-order valence-corrected chi connectivity index (χ2v) is 6.06. The molecule has 1 aliphatic rings. The number of imidazole rings is 1. The van der Waals surface area contributed by atoms with E-state index in [1.54, 1.807) is 0 Å². The fourth-order valence-corrected chi connectivity index (χ4v) is 3.17. The SMILES string of the molecule is CCN1CCO[C@@H](CNc2ncnc(N)c2Cl)[C@@H]1c1nccn1C. The maximum Gasteiger partial charge on any atom is 0.150 e. The molecule has 0 unspecified atom stereocenters. The molecule has 0 bridgehead atoms. The van der Waals surface area contributed by atoms with Crippen molar-refractivity contribution in [3.8, 4) is 0 Å². The van der Waals surface area contributed by atoms with E-state index in [2.05, 4.69) is 32.1 Å². The first-order chi connectivity index (χ1) is 11.6. The minimum atomic E-state index is -0.0768. The highest BCUT2D eigenvalue weighted by molar-refractivity contribution is 6.35. The zero-order valence-electron chi connectivity index (χ0n) is 13.8. The molecule has 2 aromatic rings. The van der Waals surface area contributed by atoms with Gasteiger partial charge < -0.3 is 20.4 Å². The molecule has 3 heterocycles. The number of aromatic nitrogens is 4. The summed E-state index contributed by atoms with van der Waals surface area (Å²) in [5, 5.41) is 3.56. The lowest BCUT2D eigenvalue weighted by molar-refractivity contribution is -0.0675. The number of halogens is 1. The number of nitrogen functional groups attached to an aromatic ring is 1. The van der Waals surface area contributed by atoms with Crippen molar-refractivity contribution >= 4 is 23.2 Å². The molecule has 3 N–H and O–H groups in total. The second kappa shape index (κ2) is 7.33. The third-order valence-corrected chi connectivity index (χ3v) is 4.64. The summed E-state index contributed by atoms with van der Waals surface area (Å²) in [4.78, 5) is 14.9. The predicted molar refractivity (Wildman–Crippen MR) is 92.9 cm³/mol. The fraction of sp³-hybridized carbons (Fsp3) is 0.533. The zero-order chi connectivity index (χ0) is 17.1. The zero-order valence-corrected chi connectivity index (χ0v) is 14.6. The van der Waals surface area contributed by atoms with Crippen molar-refractivity contribution in [1.29, 1.82) is 0 Å². The van der Waals surface area contributed by atoms with E-state index in [4.69, 9.17) is 22.1 Å². The molecule has 130 valence electrons. The van der Waals surface area contributed by atoms with Crippen LogP contribution in [0.15, 0.2) is 18.7 Å². The fourth-order valence-electron chi connectivity index (χ4n) is 3.01. The molecule has 1 fully saturated rings. The van der Waals surface area contributed by atoms with Gasteiger partial charge >= 0.3 is 0 Å². The highest BCUT2D eigenvalue weighted by Crippen LogP contribution is 2.29. The maximum atomic E-state index is 6.15. The average Bonchev–Trinajstić information content (AvgIpc) is 3.01. The van der Waals surface area contributed by atoms with Crippen molar-refractivity contribution < 1.29 is 4.74 Å². The topological polar surface area (TPSA) is 94.1 Å². The van der Waals surface area contributed by atoms with Crippen LogP contribution in [0.4, 0.5) is 11.6 Å². The van der Waals surface area contributed by atoms with Crippen LogP contribution in [0.1, 0.15) is 18.8 Å². The summed E-state index contributed by atoms with van der Waals surface area (Å²) in [6.07, 6.45) is 5.07. The molecular weight excluding hydrogens is 330 g/mol. The highest BCUT2D eigenvalue weighted by atomic mass is 35.5. The molecule has 1 saturated heterocycles. The van der Waals surface area contributed by atoms with Gasteiger partial charge in [-0.15, -0.1) is 0 Å². The van der Waals surface area contributed by atoms with Crippen molar-refractivity contribution in [2.24, 2.45) is 7.05 Å². The van der Waals surface area contributed by atoms with Crippen LogP contribution in [0.25, 0.3) is 0 Å². The van der Waals surface area contributed by atoms with Crippen molar-refractivity contribution in [2.75, 3.05) is 37.3 Å². The number of rotatable bonds is 5. The first kappa shape index (κ1) is 16.9. The lowest BCUT2D eigenvalue weighted by Crippen LogP contribution is -2.48. The van der Waals surface area contributed by atoms with Crippen LogP contribution in [0.2, 0.25) is 5.02 Å². The van der Waals surface area contributed by atoms with E-state index >= 15 is 0 Å². The Morgan fingerprint density at radius 1 is 1.42 bits per heavy atom. The summed E-state index contributed by atoms with van der Waals surface area (Å²) in [5.41, 5.74) is 5.72. The summed E-state index contributed by atoms with van der Waals surface area (Å²) in [5.74, 6) is 1.76. The average molecular weight is 352 g/mol. The van der Waals surface area contributed by atoms with Crippen LogP contribution < -0.4 is 11.1 Å². The van der Waals surface area contributed by atoms with Crippen LogP contribution in [-0.4, -0.2) is 56.8 Å². The number of hydrogen-bond acceptors (Lipinski definition) is 7. The summed E-state index contributed by atoms with van der Waals surface area (Å²) in [6, 6.07) is 0.0641. The minimum absolute atomic E-state index is 0.0641. The third kappa shape index (κ3) is 3.31. The number of anilines is 2. The van der Waals surface area contributed by atoms with E-state index in [0.717, 1.165) is 18.9 Å². The van der Waals surface area contributed by atoms with Gasteiger partial charge in [-0.3, -0.25) is 4.90 Å². The van der Waals surface area contributed by atoms with Gasteiger partial charge in [0.2, 0.25) is 0 Å². The highest BCUT2D eigenvalue weighted by Gasteiger charge is 2.35. The number of aryl methyl sites for hydroxylation is 1. The van der Waals surface area contributed by atoms with Crippen LogP contribution in [0.5, 0.6) is 0 Å². The Labute approximate surface area is 146 Å². The molecule has 0 radical (unpaired) electrons. The Bertz CT molecular complexity index is 692. The quantitative estimate of drug-likeness (QED) is 0.838. The monoisotopic (exact) mass is 351 g/mol. The number of nitrogens with zero attached hydrogens (tertiary/aromatic N) is 5. The minimum Gasteiger partial charge on any atom is -0.382 e. The molecule has 3 rings (SSSR count). The third-order valence-electron chi connectivity index (χ3n) is 4.27. The van der Waals surface area contributed by atoms with Gasteiger partial charge in [0, 0.05) is 32.5 Å². The van der Waals surface area contributed by atoms with Gasteiger partial charge in [-0.25, -0.2) is 15.0 Å². The van der Waals surface area contributed by atoms with Crippen molar-refractivity contribution in [2.45, 2.75) is 19.1 Å². The van der Waals surface area contributed by atoms with Gasteiger partial charge in [0.05, 0.1) is 18.8 Å². The van der Waals surface area contributed by atoms with Crippen LogP contribution in [-0.2, 0) is 11.8 Å². The molecular formula is C15H22ClN7O. The molecule has 8 nitrogen and oxygen atoms in total. The number of nitrogens with two attached hydrogens (primary N) is 1. The molecule has 1 aliphatic heterocycles. The molecule has 0 aromatic carbocycles. The molecule has 24 heavy (non-hydrogen) atoms. The van der Waals surface area contributed by atoms with Gasteiger partial charge in [-0.05, 0) is 6.54 Å². The van der Waals surface area contributed by atoms with E-state index in [1.807, 2.05) is 24.0 Å². The molecule has 0 saturated carbocycles. The largest absolute Gasteiger partial charge is 0.382 e. The van der Waals surface area contributed by atoms with E-state index in [0.29, 0.717) is 24.0 Å². The standard InChI is InChI=1S/C15H22ClN7O/c1-3-23-6-7-24-10(12(23)15-18-4-5-22(15)2)8-19-14-11(16)13(17)20-9-21-14/h4-5,9-10,12H,3,6-8H2,1-2H3,(H3,17,19,20,21)/t10-,12+/m0/s1. The first-order valence-electron chi connectivity index (χ1n) is 7.94. The first-order valence-corrected chi connectivity index (χ1v) is 8.32. The predicted octanol–water partition coefficient (Wildman–Crippen LogP) is 1.32. The Balaban J connectivity index is 1.79. The number of hydrogen-bond donors (Lipinski definition) is 2. The summed E-state index contributed by atoms with van der Waals surface area (Å²) in [7, 11) is 2.00. The Kier molecular flexibility index (Phi) is 5.17. The summed E-state index contributed by atoms with van der Waals surface area (Å²) >= 11 is 6.15. The van der Waals surface area contributed by atoms with E-state index in [1.165, 1.54) is 6.33 Å². The maximum absolute atomic E-state index is 6.15. The van der Waals surface area contributed by atoms with Gasteiger partial charge in [0.15, 0.2) is 5.82 Å². The van der Waals surface area contributed by atoms with Gasteiger partial charge in [-0.1, -0.05) is 18.5 Å². The molecule has 9 heteroatoms. The van der Waals surface area contributed by atoms with E-state index < -0.39 is 0 Å². The smallest absolute Gasteiger partial charge is 0.150 e. The molecule has 0 amide bonds. The van der Waals surface area contributed by atoms with Gasteiger partial charge in [0.25, 0.3) is 0 Å². The Morgan fingerprint density at radius 2 is 2.25 bits per heavy atom. The van der Waals surface area contributed by atoms with E-state index in [9.17, 15) is 0 Å². The molecule has 2 atom stereocenters.